The Bertz CT molecular complexity index is 1340. The van der Waals surface area contributed by atoms with Crippen molar-refractivity contribution in [2.75, 3.05) is 0 Å². The van der Waals surface area contributed by atoms with Crippen molar-refractivity contribution < 1.29 is 39.6 Å². The van der Waals surface area contributed by atoms with Crippen LogP contribution in [0.15, 0.2) is 72.8 Å². The van der Waals surface area contributed by atoms with Gasteiger partial charge in [0, 0.05) is 0 Å². The minimum absolute atomic E-state index is 0.302. The zero-order valence-electron chi connectivity index (χ0n) is 17.2. The molecular formula is C26H12O8-4. The number of benzene rings is 4. The van der Waals surface area contributed by atoms with Gasteiger partial charge in [0.25, 0.3) is 0 Å². The summed E-state index contributed by atoms with van der Waals surface area (Å²) in [6, 6.07) is 17.3. The van der Waals surface area contributed by atoms with Crippen LogP contribution in [0.3, 0.4) is 0 Å². The van der Waals surface area contributed by atoms with E-state index in [1.54, 1.807) is 36.4 Å². The van der Waals surface area contributed by atoms with E-state index in [-0.39, 0.29) is 22.3 Å². The summed E-state index contributed by atoms with van der Waals surface area (Å²) in [5.41, 5.74) is 0.562. The summed E-state index contributed by atoms with van der Waals surface area (Å²) in [6.45, 7) is 0. The number of fused-ring (bicyclic) bond motifs is 1. The monoisotopic (exact) mass is 452 g/mol. The summed E-state index contributed by atoms with van der Waals surface area (Å²) in [5, 5.41) is 46.5. The van der Waals surface area contributed by atoms with Crippen LogP contribution in [0.5, 0.6) is 0 Å². The third-order valence-corrected chi connectivity index (χ3v) is 5.32. The third kappa shape index (κ3) is 4.33. The molecule has 0 heterocycles. The molecule has 0 aliphatic carbocycles. The Hall–Kier alpha value is -4.98. The van der Waals surface area contributed by atoms with Crippen molar-refractivity contribution in [1.82, 2.24) is 0 Å². The van der Waals surface area contributed by atoms with E-state index in [0.717, 1.165) is 12.1 Å². The Morgan fingerprint density at radius 2 is 0.676 bits per heavy atom. The number of rotatable bonds is 6. The molecule has 0 unspecified atom stereocenters. The zero-order valence-corrected chi connectivity index (χ0v) is 17.2. The van der Waals surface area contributed by atoms with Gasteiger partial charge in [-0.1, -0.05) is 24.3 Å². The maximum atomic E-state index is 11.3. The first kappa shape index (κ1) is 22.2. The number of carbonyl (C=O) groups is 4. The number of hydrogen-bond acceptors (Lipinski definition) is 8. The third-order valence-electron chi connectivity index (χ3n) is 5.32. The van der Waals surface area contributed by atoms with Crippen molar-refractivity contribution in [3.63, 3.8) is 0 Å². The van der Waals surface area contributed by atoms with Crippen molar-refractivity contribution in [1.29, 1.82) is 0 Å². The summed E-state index contributed by atoms with van der Waals surface area (Å²) in [5.74, 6) is -6.09. The van der Waals surface area contributed by atoms with Crippen LogP contribution in [-0.4, -0.2) is 23.9 Å². The minimum Gasteiger partial charge on any atom is -0.545 e. The van der Waals surface area contributed by atoms with E-state index >= 15 is 0 Å². The molecule has 4 aromatic rings. The quantitative estimate of drug-likeness (QED) is 0.383. The van der Waals surface area contributed by atoms with Crippen LogP contribution in [-0.2, 0) is 0 Å². The van der Waals surface area contributed by atoms with Crippen LogP contribution in [0.4, 0.5) is 0 Å². The second-order valence-corrected chi connectivity index (χ2v) is 7.52. The highest BCUT2D eigenvalue weighted by Gasteiger charge is 2.09. The van der Waals surface area contributed by atoms with E-state index in [2.05, 4.69) is 0 Å². The fourth-order valence-corrected chi connectivity index (χ4v) is 3.66. The molecule has 168 valence electrons. The van der Waals surface area contributed by atoms with Crippen molar-refractivity contribution in [2.45, 2.75) is 0 Å². The highest BCUT2D eigenvalue weighted by Crippen LogP contribution is 2.30. The Balaban J connectivity index is 1.80. The summed E-state index contributed by atoms with van der Waals surface area (Å²) < 4.78 is 0. The summed E-state index contributed by atoms with van der Waals surface area (Å²) in [4.78, 5) is 45.1. The Morgan fingerprint density at radius 1 is 0.382 bits per heavy atom. The van der Waals surface area contributed by atoms with Gasteiger partial charge in [0.2, 0.25) is 0 Å². The number of carboxylic acid groups (broad SMARTS) is 4. The van der Waals surface area contributed by atoms with Crippen LogP contribution >= 0.6 is 0 Å². The topological polar surface area (TPSA) is 161 Å². The highest BCUT2D eigenvalue weighted by molar-refractivity contribution is 5.98. The van der Waals surface area contributed by atoms with Crippen molar-refractivity contribution in [3.8, 4) is 22.3 Å². The highest BCUT2D eigenvalue weighted by atomic mass is 16.4. The maximum Gasteiger partial charge on any atom is 0.0715 e. The predicted molar refractivity (Wildman–Crippen MR) is 112 cm³/mol. The molecule has 0 spiro atoms. The molecule has 0 bridgehead atoms. The molecule has 0 saturated carbocycles. The van der Waals surface area contributed by atoms with Gasteiger partial charge < -0.3 is 39.6 Å². The van der Waals surface area contributed by atoms with E-state index in [1.807, 2.05) is 0 Å². The minimum atomic E-state index is -1.52. The second kappa shape index (κ2) is 8.51. The number of carbonyl (C=O) groups excluding carboxylic acids is 4. The molecule has 0 fully saturated rings. The standard InChI is InChI=1S/C26H16O8/c27-23(28)19-7-17(8-20(11-19)24(29)30)15-3-1-13-5-16(4-2-14(13)6-15)18-9-21(25(31)32)12-22(10-18)26(33)34/h1-12H,(H,27,28)(H,29,30)(H,31,32)(H,33,34)/p-4. The van der Waals surface area contributed by atoms with E-state index in [1.165, 1.54) is 24.3 Å². The van der Waals surface area contributed by atoms with Gasteiger partial charge in [-0.3, -0.25) is 0 Å². The first-order chi connectivity index (χ1) is 16.1. The average Bonchev–Trinajstić information content (AvgIpc) is 2.82. The van der Waals surface area contributed by atoms with E-state index in [9.17, 15) is 39.6 Å². The van der Waals surface area contributed by atoms with Crippen LogP contribution in [0.25, 0.3) is 33.0 Å². The first-order valence-electron chi connectivity index (χ1n) is 9.82. The number of hydrogen-bond donors (Lipinski definition) is 0. The molecule has 0 atom stereocenters. The van der Waals surface area contributed by atoms with Gasteiger partial charge in [0.1, 0.15) is 0 Å². The normalized spacial score (nSPS) is 10.7. The van der Waals surface area contributed by atoms with Gasteiger partial charge in [-0.05, 0) is 104 Å². The van der Waals surface area contributed by atoms with Crippen LogP contribution in [0.2, 0.25) is 0 Å². The largest absolute Gasteiger partial charge is 0.545 e. The Labute approximate surface area is 192 Å². The summed E-state index contributed by atoms with van der Waals surface area (Å²) in [6.07, 6.45) is 0. The van der Waals surface area contributed by atoms with Gasteiger partial charge in [-0.2, -0.15) is 0 Å². The van der Waals surface area contributed by atoms with Gasteiger partial charge in [-0.15, -0.1) is 0 Å². The molecule has 4 aromatic carbocycles. The SMILES string of the molecule is O=C([O-])c1cc(C(=O)[O-])cc(-c2ccc3cc(-c4cc(C(=O)[O-])cc(C(=O)[O-])c4)ccc3c2)c1. The Morgan fingerprint density at radius 3 is 0.941 bits per heavy atom. The van der Waals surface area contributed by atoms with Gasteiger partial charge in [-0.25, -0.2) is 0 Å². The summed E-state index contributed by atoms with van der Waals surface area (Å²) >= 11 is 0. The molecule has 8 heteroatoms. The Kier molecular flexibility index (Phi) is 5.56. The molecule has 0 aliphatic rings. The fourth-order valence-electron chi connectivity index (χ4n) is 3.66. The summed E-state index contributed by atoms with van der Waals surface area (Å²) in [7, 11) is 0. The van der Waals surface area contributed by atoms with Crippen LogP contribution in [0.1, 0.15) is 41.4 Å². The molecule has 0 amide bonds. The lowest BCUT2D eigenvalue weighted by atomic mass is 9.94. The zero-order chi connectivity index (χ0) is 24.6. The lowest BCUT2D eigenvalue weighted by molar-refractivity contribution is -0.257. The molecule has 8 nitrogen and oxygen atoms in total. The van der Waals surface area contributed by atoms with Gasteiger partial charge in [0.15, 0.2) is 0 Å². The smallest absolute Gasteiger partial charge is 0.0715 e. The molecular weight excluding hydrogens is 440 g/mol. The number of carboxylic acids is 4. The van der Waals surface area contributed by atoms with Gasteiger partial charge in [0.05, 0.1) is 23.9 Å². The van der Waals surface area contributed by atoms with Crippen molar-refractivity contribution in [2.24, 2.45) is 0 Å². The second-order valence-electron chi connectivity index (χ2n) is 7.52. The molecule has 0 saturated heterocycles. The predicted octanol–water partition coefficient (Wildman–Crippen LogP) is -0.372. The van der Waals surface area contributed by atoms with Crippen molar-refractivity contribution >= 4 is 34.6 Å². The van der Waals surface area contributed by atoms with Crippen LogP contribution in [0, 0.1) is 0 Å². The maximum absolute atomic E-state index is 11.3. The fraction of sp³-hybridized carbons (Fsp3) is 0. The lowest BCUT2D eigenvalue weighted by Crippen LogP contribution is -2.25. The van der Waals surface area contributed by atoms with E-state index in [4.69, 9.17) is 0 Å². The molecule has 0 aliphatic heterocycles. The molecule has 0 radical (unpaired) electrons. The first-order valence-corrected chi connectivity index (χ1v) is 9.82. The molecule has 0 N–H and O–H groups in total. The average molecular weight is 452 g/mol. The van der Waals surface area contributed by atoms with Gasteiger partial charge >= 0.3 is 0 Å². The molecule has 0 aromatic heterocycles. The van der Waals surface area contributed by atoms with E-state index < -0.39 is 23.9 Å². The molecule has 34 heavy (non-hydrogen) atoms. The van der Waals surface area contributed by atoms with E-state index in [0.29, 0.717) is 33.0 Å². The molecule has 4 rings (SSSR count). The lowest BCUT2D eigenvalue weighted by Gasteiger charge is -2.13. The van der Waals surface area contributed by atoms with Crippen molar-refractivity contribution in [3.05, 3.63) is 95.1 Å². The number of aromatic carboxylic acids is 4. The van der Waals surface area contributed by atoms with Crippen LogP contribution < -0.4 is 20.4 Å².